The van der Waals surface area contributed by atoms with Gasteiger partial charge in [-0.1, -0.05) is 49.3 Å². The van der Waals surface area contributed by atoms with Crippen molar-refractivity contribution in [1.82, 2.24) is 15.5 Å². The smallest absolute Gasteiger partial charge is 0.230 e. The second kappa shape index (κ2) is 8.98. The van der Waals surface area contributed by atoms with E-state index in [1.54, 1.807) is 4.90 Å². The Morgan fingerprint density at radius 3 is 2.64 bits per heavy atom. The minimum atomic E-state index is 0.0519. The Hall–Kier alpha value is -1.15. The molecule has 1 aromatic rings. The number of nitrogens with one attached hydrogen (secondary N) is 1. The molecule has 0 unspecified atom stereocenters. The molecule has 2 fully saturated rings. The molecule has 1 N–H and O–H groups in total. The Morgan fingerprint density at radius 2 is 1.96 bits per heavy atom. The molecule has 0 radical (unpaired) electrons. The van der Waals surface area contributed by atoms with Crippen LogP contribution in [-0.4, -0.2) is 40.4 Å². The van der Waals surface area contributed by atoms with E-state index in [0.717, 1.165) is 23.7 Å². The van der Waals surface area contributed by atoms with Crippen LogP contribution < -0.4 is 10.2 Å². The van der Waals surface area contributed by atoms with Crippen LogP contribution in [0.15, 0.2) is 4.34 Å². The molecule has 0 bridgehead atoms. The maximum absolute atomic E-state index is 12.1. The molecule has 0 spiro atoms. The van der Waals surface area contributed by atoms with E-state index in [1.807, 2.05) is 6.92 Å². The summed E-state index contributed by atoms with van der Waals surface area (Å²) in [7, 11) is 0. The summed E-state index contributed by atoms with van der Waals surface area (Å²) in [6.45, 7) is 2.66. The predicted octanol–water partition coefficient (Wildman–Crippen LogP) is 3.23. The zero-order chi connectivity index (χ0) is 17.6. The van der Waals surface area contributed by atoms with Crippen molar-refractivity contribution >= 4 is 40.0 Å². The van der Waals surface area contributed by atoms with Gasteiger partial charge in [-0.2, -0.15) is 0 Å². The number of nitrogens with zero attached hydrogens (tertiary/aromatic N) is 3. The third kappa shape index (κ3) is 5.41. The number of rotatable bonds is 8. The molecule has 8 heteroatoms. The van der Waals surface area contributed by atoms with E-state index in [-0.39, 0.29) is 17.9 Å². The molecule has 0 aliphatic heterocycles. The molecule has 0 aromatic carbocycles. The molecule has 2 aliphatic rings. The number of carbonyl (C=O) groups excluding carboxylic acids is 2. The van der Waals surface area contributed by atoms with Gasteiger partial charge in [0.2, 0.25) is 16.9 Å². The van der Waals surface area contributed by atoms with Crippen molar-refractivity contribution in [2.45, 2.75) is 68.7 Å². The Morgan fingerprint density at radius 1 is 1.20 bits per heavy atom. The Labute approximate surface area is 157 Å². The number of hydrogen-bond donors (Lipinski definition) is 1. The van der Waals surface area contributed by atoms with Gasteiger partial charge in [0, 0.05) is 19.0 Å². The standard InChI is InChI=1S/C17H26N4O2S2/c1-2-15(23)21(13-8-9-13)16-19-20-17(25-16)24-11-14(22)18-10-12-6-4-3-5-7-12/h12-13H,2-11H2,1H3,(H,18,22). The zero-order valence-corrected chi connectivity index (χ0v) is 16.3. The fourth-order valence-corrected chi connectivity index (χ4v) is 4.92. The maximum Gasteiger partial charge on any atom is 0.230 e. The zero-order valence-electron chi connectivity index (χ0n) is 14.7. The maximum atomic E-state index is 12.1. The first-order chi connectivity index (χ1) is 12.2. The fourth-order valence-electron chi connectivity index (χ4n) is 3.16. The highest BCUT2D eigenvalue weighted by Gasteiger charge is 2.35. The van der Waals surface area contributed by atoms with Crippen LogP contribution >= 0.6 is 23.1 Å². The molecule has 138 valence electrons. The average molecular weight is 383 g/mol. The Balaban J connectivity index is 1.44. The van der Waals surface area contributed by atoms with Gasteiger partial charge >= 0.3 is 0 Å². The molecule has 2 saturated carbocycles. The number of amides is 2. The molecule has 3 rings (SSSR count). The van der Waals surface area contributed by atoms with E-state index in [9.17, 15) is 9.59 Å². The molecule has 25 heavy (non-hydrogen) atoms. The van der Waals surface area contributed by atoms with Crippen LogP contribution in [0.2, 0.25) is 0 Å². The van der Waals surface area contributed by atoms with Crippen molar-refractivity contribution in [3.8, 4) is 0 Å². The fraction of sp³-hybridized carbons (Fsp3) is 0.765. The van der Waals surface area contributed by atoms with E-state index >= 15 is 0 Å². The minimum Gasteiger partial charge on any atom is -0.355 e. The summed E-state index contributed by atoms with van der Waals surface area (Å²) >= 11 is 2.81. The highest BCUT2D eigenvalue weighted by Crippen LogP contribution is 2.36. The third-order valence-corrected chi connectivity index (χ3v) is 6.78. The van der Waals surface area contributed by atoms with E-state index in [4.69, 9.17) is 0 Å². The first kappa shape index (κ1) is 18.6. The number of aromatic nitrogens is 2. The van der Waals surface area contributed by atoms with E-state index in [1.165, 1.54) is 55.2 Å². The van der Waals surface area contributed by atoms with Crippen LogP contribution in [0.1, 0.15) is 58.3 Å². The molecular weight excluding hydrogens is 356 g/mol. The van der Waals surface area contributed by atoms with Crippen molar-refractivity contribution in [3.63, 3.8) is 0 Å². The highest BCUT2D eigenvalue weighted by atomic mass is 32.2. The summed E-state index contributed by atoms with van der Waals surface area (Å²) in [6.07, 6.45) is 8.92. The minimum absolute atomic E-state index is 0.0519. The van der Waals surface area contributed by atoms with Crippen LogP contribution in [-0.2, 0) is 9.59 Å². The summed E-state index contributed by atoms with van der Waals surface area (Å²) in [6, 6.07) is 0.289. The van der Waals surface area contributed by atoms with Gasteiger partial charge in [-0.15, -0.1) is 10.2 Å². The van der Waals surface area contributed by atoms with Crippen LogP contribution in [0, 0.1) is 5.92 Å². The van der Waals surface area contributed by atoms with Crippen LogP contribution in [0.3, 0.4) is 0 Å². The SMILES string of the molecule is CCC(=O)N(c1nnc(SCC(=O)NCC2CCCCC2)s1)C1CC1. The lowest BCUT2D eigenvalue weighted by molar-refractivity contribution is -0.119. The van der Waals surface area contributed by atoms with E-state index in [0.29, 0.717) is 23.2 Å². The molecule has 2 aliphatic carbocycles. The molecule has 0 saturated heterocycles. The van der Waals surface area contributed by atoms with Gasteiger partial charge in [-0.05, 0) is 31.6 Å². The summed E-state index contributed by atoms with van der Waals surface area (Å²) in [5.74, 6) is 1.14. The van der Waals surface area contributed by atoms with Gasteiger partial charge in [0.15, 0.2) is 4.34 Å². The van der Waals surface area contributed by atoms with Gasteiger partial charge < -0.3 is 5.32 Å². The molecule has 2 amide bonds. The van der Waals surface area contributed by atoms with Crippen LogP contribution in [0.4, 0.5) is 5.13 Å². The van der Waals surface area contributed by atoms with Crippen molar-refractivity contribution in [2.75, 3.05) is 17.2 Å². The predicted molar refractivity (Wildman–Crippen MR) is 101 cm³/mol. The van der Waals surface area contributed by atoms with Crippen molar-refractivity contribution in [2.24, 2.45) is 5.92 Å². The van der Waals surface area contributed by atoms with Gasteiger partial charge in [-0.3, -0.25) is 14.5 Å². The van der Waals surface area contributed by atoms with Gasteiger partial charge in [0.05, 0.1) is 5.75 Å². The van der Waals surface area contributed by atoms with Gasteiger partial charge in [-0.25, -0.2) is 0 Å². The topological polar surface area (TPSA) is 75.2 Å². The number of hydrogen-bond acceptors (Lipinski definition) is 6. The average Bonchev–Trinajstić information content (AvgIpc) is 3.36. The lowest BCUT2D eigenvalue weighted by Crippen LogP contribution is -2.32. The Bertz CT molecular complexity index is 597. The van der Waals surface area contributed by atoms with E-state index in [2.05, 4.69) is 15.5 Å². The summed E-state index contributed by atoms with van der Waals surface area (Å²) in [5.41, 5.74) is 0. The van der Waals surface area contributed by atoms with Crippen molar-refractivity contribution in [1.29, 1.82) is 0 Å². The lowest BCUT2D eigenvalue weighted by Gasteiger charge is -2.21. The first-order valence-corrected chi connectivity index (χ1v) is 11.0. The van der Waals surface area contributed by atoms with E-state index < -0.39 is 0 Å². The number of thioether (sulfide) groups is 1. The molecule has 1 heterocycles. The molecule has 0 atom stereocenters. The third-order valence-electron chi connectivity index (χ3n) is 4.72. The summed E-state index contributed by atoms with van der Waals surface area (Å²) in [4.78, 5) is 25.9. The largest absolute Gasteiger partial charge is 0.355 e. The summed E-state index contributed by atoms with van der Waals surface area (Å²) < 4.78 is 0.748. The Kier molecular flexibility index (Phi) is 6.70. The van der Waals surface area contributed by atoms with Gasteiger partial charge in [0.25, 0.3) is 0 Å². The van der Waals surface area contributed by atoms with Crippen LogP contribution in [0.5, 0.6) is 0 Å². The molecule has 1 aromatic heterocycles. The second-order valence-corrected chi connectivity index (χ2v) is 8.97. The monoisotopic (exact) mass is 382 g/mol. The lowest BCUT2D eigenvalue weighted by atomic mass is 9.89. The second-order valence-electron chi connectivity index (χ2n) is 6.80. The quantitative estimate of drug-likeness (QED) is 0.552. The van der Waals surface area contributed by atoms with Gasteiger partial charge in [0.1, 0.15) is 0 Å². The van der Waals surface area contributed by atoms with Crippen molar-refractivity contribution in [3.05, 3.63) is 0 Å². The highest BCUT2D eigenvalue weighted by molar-refractivity contribution is 8.01. The molecular formula is C17H26N4O2S2. The first-order valence-electron chi connectivity index (χ1n) is 9.22. The normalized spacial score (nSPS) is 18.1. The van der Waals surface area contributed by atoms with Crippen LogP contribution in [0.25, 0.3) is 0 Å². The summed E-state index contributed by atoms with van der Waals surface area (Å²) in [5, 5.41) is 12.0. The number of anilines is 1. The molecule has 6 nitrogen and oxygen atoms in total. The number of carbonyl (C=O) groups is 2. The van der Waals surface area contributed by atoms with Crippen molar-refractivity contribution < 1.29 is 9.59 Å².